The van der Waals surface area contributed by atoms with Crippen LogP contribution in [-0.2, 0) is 28.1 Å². The molecule has 0 saturated carbocycles. The van der Waals surface area contributed by atoms with Gasteiger partial charge in [-0.15, -0.1) is 35.4 Å². The van der Waals surface area contributed by atoms with Crippen LogP contribution < -0.4 is 9.30 Å². The van der Waals surface area contributed by atoms with E-state index in [0.717, 1.165) is 11.3 Å². The topological polar surface area (TPSA) is 18.0 Å². The Bertz CT molecular complexity index is 1440. The summed E-state index contributed by atoms with van der Waals surface area (Å²) < 4.78 is 10.0. The number of fused-ring (bicyclic) bond motifs is 3. The maximum Gasteiger partial charge on any atom is 0.241 e. The average molecular weight is 654 g/mol. The third kappa shape index (κ3) is 5.18. The molecule has 1 aliphatic rings. The first kappa shape index (κ1) is 25.9. The van der Waals surface area contributed by atoms with E-state index >= 15 is 0 Å². The van der Waals surface area contributed by atoms with E-state index in [4.69, 9.17) is 4.74 Å². The molecule has 0 amide bonds. The molecular weight excluding hydrogens is 623 g/mol. The summed E-state index contributed by atoms with van der Waals surface area (Å²) in [5, 5.41) is 0. The SMILES string of the molecule is C/C=C(\C=C\C1c2[c-]c(Oc3[c-]c(-n4[c-][n+](C)cc4)ccc3)ccc2-c2ccccc21)C(C)(C)C.[Pt]. The molecule has 1 aliphatic carbocycles. The van der Waals surface area contributed by atoms with Gasteiger partial charge in [0.05, 0.1) is 7.05 Å². The van der Waals surface area contributed by atoms with Crippen LogP contribution >= 0.6 is 0 Å². The van der Waals surface area contributed by atoms with Crippen molar-refractivity contribution in [2.45, 2.75) is 33.6 Å². The van der Waals surface area contributed by atoms with Crippen molar-refractivity contribution in [3.63, 3.8) is 0 Å². The normalized spacial score (nSPS) is 14.9. The molecule has 0 N–H and O–H groups in total. The summed E-state index contributed by atoms with van der Waals surface area (Å²) in [4.78, 5) is 0. The molecule has 3 nitrogen and oxygen atoms in total. The second-order valence-corrected chi connectivity index (χ2v) is 9.95. The molecule has 4 heteroatoms. The zero-order chi connectivity index (χ0) is 24.6. The zero-order valence-corrected chi connectivity index (χ0v) is 23.6. The molecule has 3 aromatic carbocycles. The fourth-order valence-electron chi connectivity index (χ4n) is 4.67. The van der Waals surface area contributed by atoms with Crippen molar-refractivity contribution in [2.75, 3.05) is 0 Å². The Kier molecular flexibility index (Phi) is 7.52. The minimum Gasteiger partial charge on any atom is -0.510 e. The van der Waals surface area contributed by atoms with Crippen molar-refractivity contribution in [1.82, 2.24) is 4.57 Å². The van der Waals surface area contributed by atoms with Gasteiger partial charge in [-0.25, -0.2) is 0 Å². The molecule has 0 saturated heterocycles. The summed E-state index contributed by atoms with van der Waals surface area (Å²) in [6, 6.07) is 25.6. The number of rotatable bonds is 5. The van der Waals surface area contributed by atoms with Gasteiger partial charge in [-0.2, -0.15) is 18.2 Å². The standard InChI is InChI=1S/C32H30N2O.Pt/c1-6-23(32(2,3)4)14-16-29-27-12-7-8-13-28(27)30-17-15-26(21-31(29)30)35-25-11-9-10-24(20-25)34-19-18-33(5)22-34;/h6-19,29H,1-5H3;/q-2;/b16-14+,23-6+;. The van der Waals surface area contributed by atoms with E-state index in [0.29, 0.717) is 11.5 Å². The van der Waals surface area contributed by atoms with Crippen molar-refractivity contribution in [1.29, 1.82) is 0 Å². The molecule has 36 heavy (non-hydrogen) atoms. The molecule has 0 radical (unpaired) electrons. The zero-order valence-electron chi connectivity index (χ0n) is 21.3. The minimum atomic E-state index is 0. The fourth-order valence-corrected chi connectivity index (χ4v) is 4.67. The number of ether oxygens (including phenoxy) is 1. The van der Waals surface area contributed by atoms with Gasteiger partial charge in [0, 0.05) is 50.9 Å². The molecule has 0 bridgehead atoms. The molecule has 0 fully saturated rings. The van der Waals surface area contributed by atoms with Crippen LogP contribution in [0.15, 0.2) is 90.8 Å². The van der Waals surface area contributed by atoms with Gasteiger partial charge in [0.2, 0.25) is 6.33 Å². The average Bonchev–Trinajstić information content (AvgIpc) is 3.40. The van der Waals surface area contributed by atoms with Crippen LogP contribution in [0.1, 0.15) is 44.7 Å². The van der Waals surface area contributed by atoms with Gasteiger partial charge < -0.3 is 13.9 Å². The summed E-state index contributed by atoms with van der Waals surface area (Å²) in [6.45, 7) is 8.85. The van der Waals surface area contributed by atoms with Gasteiger partial charge in [0.25, 0.3) is 0 Å². The van der Waals surface area contributed by atoms with E-state index in [9.17, 15) is 0 Å². The molecule has 0 spiro atoms. The van der Waals surface area contributed by atoms with Crippen LogP contribution in [0.2, 0.25) is 0 Å². The number of aryl methyl sites for hydroxylation is 1. The second kappa shape index (κ2) is 10.4. The van der Waals surface area contributed by atoms with E-state index < -0.39 is 0 Å². The summed E-state index contributed by atoms with van der Waals surface area (Å²) >= 11 is 0. The van der Waals surface area contributed by atoms with Crippen molar-refractivity contribution >= 4 is 0 Å². The Balaban J connectivity index is 0.00000304. The van der Waals surface area contributed by atoms with Gasteiger partial charge in [-0.3, -0.25) is 0 Å². The molecule has 1 unspecified atom stereocenters. The fraction of sp³-hybridized carbons (Fsp3) is 0.219. The third-order valence-electron chi connectivity index (χ3n) is 6.43. The van der Waals surface area contributed by atoms with E-state index in [1.54, 1.807) is 0 Å². The first-order valence-corrected chi connectivity index (χ1v) is 12.0. The Morgan fingerprint density at radius 3 is 2.47 bits per heavy atom. The number of aromatic nitrogens is 2. The minimum absolute atomic E-state index is 0. The molecule has 1 heterocycles. The van der Waals surface area contributed by atoms with Crippen LogP contribution in [-0.4, -0.2) is 4.57 Å². The summed E-state index contributed by atoms with van der Waals surface area (Å²) in [6.07, 6.45) is 13.9. The van der Waals surface area contributed by atoms with E-state index in [-0.39, 0.29) is 32.4 Å². The smallest absolute Gasteiger partial charge is 0.241 e. The van der Waals surface area contributed by atoms with Crippen molar-refractivity contribution in [2.24, 2.45) is 12.5 Å². The summed E-state index contributed by atoms with van der Waals surface area (Å²) in [5.41, 5.74) is 7.22. The van der Waals surface area contributed by atoms with Gasteiger partial charge in [-0.1, -0.05) is 74.5 Å². The van der Waals surface area contributed by atoms with E-state index in [2.05, 4.69) is 94.7 Å². The summed E-state index contributed by atoms with van der Waals surface area (Å²) in [7, 11) is 1.94. The third-order valence-corrected chi connectivity index (χ3v) is 6.43. The predicted octanol–water partition coefficient (Wildman–Crippen LogP) is 7.15. The predicted molar refractivity (Wildman–Crippen MR) is 140 cm³/mol. The number of imidazole rings is 1. The van der Waals surface area contributed by atoms with Crippen LogP contribution in [0.3, 0.4) is 0 Å². The number of benzene rings is 3. The quantitative estimate of drug-likeness (QED) is 0.127. The number of hydrogen-bond acceptors (Lipinski definition) is 1. The van der Waals surface area contributed by atoms with Crippen molar-refractivity contribution in [3.8, 4) is 28.3 Å². The van der Waals surface area contributed by atoms with Crippen molar-refractivity contribution < 1.29 is 30.4 Å². The van der Waals surface area contributed by atoms with Crippen LogP contribution in [0, 0.1) is 23.9 Å². The van der Waals surface area contributed by atoms with Gasteiger partial charge in [0.15, 0.2) is 0 Å². The Morgan fingerprint density at radius 2 is 1.75 bits per heavy atom. The van der Waals surface area contributed by atoms with Crippen LogP contribution in [0.25, 0.3) is 16.8 Å². The molecule has 5 rings (SSSR count). The Labute approximate surface area is 229 Å². The number of hydrogen-bond donors (Lipinski definition) is 0. The Hall–Kier alpha value is -3.16. The van der Waals surface area contributed by atoms with Gasteiger partial charge in [-0.05, 0) is 23.5 Å². The van der Waals surface area contributed by atoms with Crippen molar-refractivity contribution in [3.05, 3.63) is 120 Å². The summed E-state index contributed by atoms with van der Waals surface area (Å²) in [5.74, 6) is 1.47. The van der Waals surface area contributed by atoms with Gasteiger partial charge >= 0.3 is 0 Å². The van der Waals surface area contributed by atoms with Gasteiger partial charge in [0.1, 0.15) is 0 Å². The maximum atomic E-state index is 6.24. The van der Waals surface area contributed by atoms with E-state index in [1.807, 2.05) is 52.8 Å². The molecule has 186 valence electrons. The molecule has 0 aliphatic heterocycles. The monoisotopic (exact) mass is 653 g/mol. The van der Waals surface area contributed by atoms with Crippen LogP contribution in [0.4, 0.5) is 0 Å². The number of nitrogens with zero attached hydrogens (tertiary/aromatic N) is 2. The number of allylic oxidation sites excluding steroid dienone is 4. The van der Waals surface area contributed by atoms with E-state index in [1.165, 1.54) is 22.3 Å². The van der Waals surface area contributed by atoms with Crippen LogP contribution in [0.5, 0.6) is 11.5 Å². The molecule has 1 atom stereocenters. The second-order valence-electron chi connectivity index (χ2n) is 9.95. The maximum absolute atomic E-state index is 6.24. The largest absolute Gasteiger partial charge is 0.510 e. The first-order valence-electron chi connectivity index (χ1n) is 12.0. The molecular formula is C32H30N2OPt-2. The molecule has 1 aromatic heterocycles. The Morgan fingerprint density at radius 1 is 0.972 bits per heavy atom. The molecule has 4 aromatic rings. The first-order chi connectivity index (χ1) is 16.8.